The molecule has 1 aromatic carbocycles. The zero-order valence-electron chi connectivity index (χ0n) is 17.6. The van der Waals surface area contributed by atoms with Crippen LogP contribution < -0.4 is 21.9 Å². The van der Waals surface area contributed by atoms with E-state index in [4.69, 9.17) is 17.3 Å². The molecule has 1 saturated heterocycles. The lowest BCUT2D eigenvalue weighted by atomic mass is 10.1. The second-order valence-electron chi connectivity index (χ2n) is 8.05. The number of hydrogen-bond donors (Lipinski definition) is 1. The van der Waals surface area contributed by atoms with E-state index in [1.807, 2.05) is 43.0 Å². The molecule has 1 aromatic heterocycles. The summed E-state index contributed by atoms with van der Waals surface area (Å²) in [7, 11) is 1.38. The van der Waals surface area contributed by atoms with E-state index in [2.05, 4.69) is 4.90 Å². The van der Waals surface area contributed by atoms with Gasteiger partial charge >= 0.3 is 5.69 Å². The Morgan fingerprint density at radius 2 is 1.77 bits per heavy atom. The van der Waals surface area contributed by atoms with Crippen molar-refractivity contribution in [2.24, 2.45) is 13.0 Å². The van der Waals surface area contributed by atoms with Gasteiger partial charge in [-0.1, -0.05) is 37.6 Å². The van der Waals surface area contributed by atoms with Gasteiger partial charge in [0.2, 0.25) is 0 Å². The van der Waals surface area contributed by atoms with E-state index < -0.39 is 11.2 Å². The molecule has 0 amide bonds. The molecule has 0 unspecified atom stereocenters. The number of nitrogens with zero attached hydrogens (tertiary/aromatic N) is 4. The average molecular weight is 434 g/mol. The third-order valence-corrected chi connectivity index (χ3v) is 5.66. The molecular formula is C21H28ClN5O3. The average Bonchev–Trinajstić information content (AvgIpc) is 2.71. The summed E-state index contributed by atoms with van der Waals surface area (Å²) in [5.41, 5.74) is 5.84. The van der Waals surface area contributed by atoms with Crippen LogP contribution in [0.2, 0.25) is 5.02 Å². The molecule has 3 rings (SSSR count). The minimum atomic E-state index is -0.641. The standard InChI is InChI=1S/C21H28ClN5O3/c1-14(2)12-27-19(23)18(20(29)24(3)21(27)30)17(28)13-25-8-10-26(11-9-25)16-7-5-4-6-15(16)22/h4-7,14H,8-13,23H2,1-3H3. The molecule has 1 fully saturated rings. The predicted octanol–water partition coefficient (Wildman–Crippen LogP) is 1.44. The van der Waals surface area contributed by atoms with Crippen LogP contribution in [-0.2, 0) is 13.6 Å². The van der Waals surface area contributed by atoms with Gasteiger partial charge in [-0.05, 0) is 18.1 Å². The van der Waals surface area contributed by atoms with Crippen molar-refractivity contribution in [3.63, 3.8) is 0 Å². The van der Waals surface area contributed by atoms with Crippen LogP contribution in [0.5, 0.6) is 0 Å². The number of ketones is 1. The van der Waals surface area contributed by atoms with Crippen molar-refractivity contribution >= 4 is 28.9 Å². The van der Waals surface area contributed by atoms with Crippen molar-refractivity contribution in [2.75, 3.05) is 43.4 Å². The van der Waals surface area contributed by atoms with Crippen LogP contribution in [0.15, 0.2) is 33.9 Å². The molecule has 2 N–H and O–H groups in total. The number of piperazine rings is 1. The van der Waals surface area contributed by atoms with Crippen molar-refractivity contribution < 1.29 is 4.79 Å². The zero-order chi connectivity index (χ0) is 22.0. The normalized spacial score (nSPS) is 15.0. The fourth-order valence-corrected chi connectivity index (χ4v) is 3.98. The first kappa shape index (κ1) is 22.1. The minimum Gasteiger partial charge on any atom is -0.384 e. The number of rotatable bonds is 6. The van der Waals surface area contributed by atoms with Crippen LogP contribution in [0, 0.1) is 5.92 Å². The summed E-state index contributed by atoms with van der Waals surface area (Å²) < 4.78 is 2.27. The second kappa shape index (κ2) is 9.06. The number of halogens is 1. The first-order chi connectivity index (χ1) is 14.2. The third kappa shape index (κ3) is 4.44. The lowest BCUT2D eigenvalue weighted by Crippen LogP contribution is -2.49. The fourth-order valence-electron chi connectivity index (χ4n) is 3.72. The van der Waals surface area contributed by atoms with E-state index in [9.17, 15) is 14.4 Å². The van der Waals surface area contributed by atoms with Crippen LogP contribution in [0.1, 0.15) is 24.2 Å². The number of Topliss-reactive ketones (excluding diaryl/α,β-unsaturated/α-hetero) is 1. The first-order valence-electron chi connectivity index (χ1n) is 10.0. The van der Waals surface area contributed by atoms with Gasteiger partial charge in [0, 0.05) is 39.8 Å². The summed E-state index contributed by atoms with van der Waals surface area (Å²) in [6, 6.07) is 7.68. The number of hydrogen-bond acceptors (Lipinski definition) is 6. The highest BCUT2D eigenvalue weighted by Crippen LogP contribution is 2.26. The lowest BCUT2D eigenvalue weighted by Gasteiger charge is -2.36. The predicted molar refractivity (Wildman–Crippen MR) is 120 cm³/mol. The number of para-hydroxylation sites is 1. The Balaban J connectivity index is 1.76. The van der Waals surface area contributed by atoms with Gasteiger partial charge in [0.1, 0.15) is 11.4 Å². The highest BCUT2D eigenvalue weighted by molar-refractivity contribution is 6.33. The van der Waals surface area contributed by atoms with Gasteiger partial charge < -0.3 is 10.6 Å². The van der Waals surface area contributed by atoms with Gasteiger partial charge in [-0.15, -0.1) is 0 Å². The minimum absolute atomic E-state index is 0.0449. The number of anilines is 2. The molecule has 2 heterocycles. The molecule has 0 atom stereocenters. The summed E-state index contributed by atoms with van der Waals surface area (Å²) in [4.78, 5) is 42.2. The fraction of sp³-hybridized carbons (Fsp3) is 0.476. The summed E-state index contributed by atoms with van der Waals surface area (Å²) in [5, 5.41) is 0.700. The molecule has 30 heavy (non-hydrogen) atoms. The van der Waals surface area contributed by atoms with Gasteiger partial charge in [-0.3, -0.25) is 23.6 Å². The molecule has 2 aromatic rings. The van der Waals surface area contributed by atoms with E-state index in [-0.39, 0.29) is 29.6 Å². The number of nitrogens with two attached hydrogens (primary N) is 1. The number of carbonyl (C=O) groups excluding carboxylic acids is 1. The van der Waals surface area contributed by atoms with Crippen LogP contribution >= 0.6 is 11.6 Å². The zero-order valence-corrected chi connectivity index (χ0v) is 18.4. The molecule has 1 aliphatic rings. The summed E-state index contributed by atoms with van der Waals surface area (Å²) in [5.74, 6) is -0.267. The lowest BCUT2D eigenvalue weighted by molar-refractivity contribution is 0.0924. The van der Waals surface area contributed by atoms with Gasteiger partial charge in [0.25, 0.3) is 5.56 Å². The molecule has 1 aliphatic heterocycles. The van der Waals surface area contributed by atoms with Crippen molar-refractivity contribution in [2.45, 2.75) is 20.4 Å². The van der Waals surface area contributed by atoms with Gasteiger partial charge in [-0.25, -0.2) is 4.79 Å². The quantitative estimate of drug-likeness (QED) is 0.693. The third-order valence-electron chi connectivity index (χ3n) is 5.34. The number of carbonyl (C=O) groups is 1. The highest BCUT2D eigenvalue weighted by atomic mass is 35.5. The molecule has 9 heteroatoms. The molecular weight excluding hydrogens is 406 g/mol. The Kier molecular flexibility index (Phi) is 6.67. The van der Waals surface area contributed by atoms with Crippen molar-refractivity contribution in [3.8, 4) is 0 Å². The van der Waals surface area contributed by atoms with E-state index in [1.54, 1.807) is 0 Å². The molecule has 8 nitrogen and oxygen atoms in total. The van der Waals surface area contributed by atoms with E-state index in [1.165, 1.54) is 11.6 Å². The monoisotopic (exact) mass is 433 g/mol. The van der Waals surface area contributed by atoms with Crippen molar-refractivity contribution in [1.29, 1.82) is 0 Å². The van der Waals surface area contributed by atoms with Crippen LogP contribution in [0.25, 0.3) is 0 Å². The van der Waals surface area contributed by atoms with Gasteiger partial charge in [0.05, 0.1) is 17.3 Å². The van der Waals surface area contributed by atoms with Gasteiger partial charge in [0.15, 0.2) is 5.78 Å². The maximum Gasteiger partial charge on any atom is 0.332 e. The topological polar surface area (TPSA) is 93.6 Å². The van der Waals surface area contributed by atoms with E-state index in [0.717, 1.165) is 23.3 Å². The number of nitrogen functional groups attached to an aromatic ring is 1. The maximum atomic E-state index is 13.0. The molecule has 0 radical (unpaired) electrons. The van der Waals surface area contributed by atoms with Crippen molar-refractivity contribution in [1.82, 2.24) is 14.0 Å². The maximum absolute atomic E-state index is 13.0. The molecule has 0 bridgehead atoms. The Labute approximate surface area is 180 Å². The van der Waals surface area contributed by atoms with Gasteiger partial charge in [-0.2, -0.15) is 0 Å². The number of aromatic nitrogens is 2. The largest absolute Gasteiger partial charge is 0.384 e. The highest BCUT2D eigenvalue weighted by Gasteiger charge is 2.26. The van der Waals surface area contributed by atoms with E-state index >= 15 is 0 Å². The Hall–Kier alpha value is -2.58. The van der Waals surface area contributed by atoms with Crippen LogP contribution in [0.4, 0.5) is 11.5 Å². The molecule has 162 valence electrons. The summed E-state index contributed by atoms with van der Waals surface area (Å²) in [6.07, 6.45) is 0. The Morgan fingerprint density at radius 3 is 2.37 bits per heavy atom. The second-order valence-corrected chi connectivity index (χ2v) is 8.46. The molecule has 0 spiro atoms. The van der Waals surface area contributed by atoms with E-state index in [0.29, 0.717) is 24.7 Å². The number of benzene rings is 1. The molecule has 0 aliphatic carbocycles. The summed E-state index contributed by atoms with van der Waals surface area (Å²) >= 11 is 6.28. The van der Waals surface area contributed by atoms with Crippen molar-refractivity contribution in [3.05, 3.63) is 55.7 Å². The van der Waals surface area contributed by atoms with Crippen LogP contribution in [-0.4, -0.2) is 52.5 Å². The first-order valence-corrected chi connectivity index (χ1v) is 10.4. The summed E-state index contributed by atoms with van der Waals surface area (Å²) in [6.45, 7) is 7.06. The Bertz CT molecular complexity index is 1050. The SMILES string of the molecule is CC(C)Cn1c(N)c(C(=O)CN2CCN(c3ccccc3Cl)CC2)c(=O)n(C)c1=O. The smallest absolute Gasteiger partial charge is 0.332 e. The molecule has 0 saturated carbocycles. The van der Waals surface area contributed by atoms with Crippen LogP contribution in [0.3, 0.4) is 0 Å². The Morgan fingerprint density at radius 1 is 1.13 bits per heavy atom.